The molecular weight excluding hydrogens is 348 g/mol. The second-order valence-electron chi connectivity index (χ2n) is 7.20. The molecule has 4 N–H and O–H groups in total. The maximum atomic E-state index is 13.0. The molecule has 1 unspecified atom stereocenters. The van der Waals surface area contributed by atoms with E-state index in [4.69, 9.17) is 5.73 Å². The Kier molecular flexibility index (Phi) is 5.43. The van der Waals surface area contributed by atoms with Gasteiger partial charge in [-0.15, -0.1) is 0 Å². The maximum Gasteiger partial charge on any atom is 0.329 e. The minimum atomic E-state index is -0.988. The number of primary amides is 1. The lowest BCUT2D eigenvalue weighted by molar-refractivity contribution is -0.122. The fourth-order valence-corrected chi connectivity index (χ4v) is 3.88. The van der Waals surface area contributed by atoms with Crippen LogP contribution in [0, 0.1) is 5.92 Å². The summed E-state index contributed by atoms with van der Waals surface area (Å²) in [5.74, 6) is -0.694. The Morgan fingerprint density at radius 1 is 1.26 bits per heavy atom. The van der Waals surface area contributed by atoms with Crippen LogP contribution in [0.4, 0.5) is 5.69 Å². The van der Waals surface area contributed by atoms with E-state index in [2.05, 4.69) is 10.3 Å². The topological polar surface area (TPSA) is 127 Å². The van der Waals surface area contributed by atoms with Crippen molar-refractivity contribution in [1.29, 1.82) is 0 Å². The minimum absolute atomic E-state index is 0.218. The molecule has 1 heterocycles. The van der Waals surface area contributed by atoms with Gasteiger partial charge in [0, 0.05) is 12.6 Å². The number of benzene rings is 1. The zero-order valence-electron chi connectivity index (χ0n) is 15.3. The quantitative estimate of drug-likeness (QED) is 0.737. The Morgan fingerprint density at radius 3 is 2.59 bits per heavy atom. The number of fused-ring (bicyclic) bond motifs is 1. The Labute approximate surface area is 155 Å². The highest BCUT2D eigenvalue weighted by Crippen LogP contribution is 2.30. The third-order valence-corrected chi connectivity index (χ3v) is 5.17. The normalized spacial score (nSPS) is 16.2. The predicted molar refractivity (Wildman–Crippen MR) is 103 cm³/mol. The summed E-state index contributed by atoms with van der Waals surface area (Å²) >= 11 is 0. The molecule has 0 saturated heterocycles. The summed E-state index contributed by atoms with van der Waals surface area (Å²) < 4.78 is 0.927. The van der Waals surface area contributed by atoms with Gasteiger partial charge in [0.05, 0.1) is 10.9 Å². The van der Waals surface area contributed by atoms with Crippen LogP contribution in [0.25, 0.3) is 10.9 Å². The van der Waals surface area contributed by atoms with E-state index in [-0.39, 0.29) is 17.2 Å². The van der Waals surface area contributed by atoms with Crippen molar-refractivity contribution in [1.82, 2.24) is 9.55 Å². The number of hydrogen-bond donors (Lipinski definition) is 3. The van der Waals surface area contributed by atoms with Crippen LogP contribution >= 0.6 is 0 Å². The van der Waals surface area contributed by atoms with Gasteiger partial charge in [-0.1, -0.05) is 32.1 Å². The lowest BCUT2D eigenvalue weighted by Crippen LogP contribution is -2.43. The number of nitrogens with two attached hydrogens (primary N) is 1. The lowest BCUT2D eigenvalue weighted by atomic mass is 9.84. The molecule has 0 radical (unpaired) electrons. The SMILES string of the molecule is CC(=O)Nc1ccc2[nH]c(=O)n(C(CC3CCCCC3)C(N)=O)c(=O)c2c1. The van der Waals surface area contributed by atoms with Crippen molar-refractivity contribution < 1.29 is 9.59 Å². The fourth-order valence-electron chi connectivity index (χ4n) is 3.88. The van der Waals surface area contributed by atoms with Gasteiger partial charge in [0.25, 0.3) is 5.56 Å². The van der Waals surface area contributed by atoms with E-state index in [1.807, 2.05) is 0 Å². The first-order chi connectivity index (χ1) is 12.9. The monoisotopic (exact) mass is 372 g/mol. The van der Waals surface area contributed by atoms with E-state index in [0.717, 1.165) is 30.3 Å². The standard InChI is InChI=1S/C19H24N4O4/c1-11(24)21-13-7-8-15-14(10-13)18(26)23(19(27)22-15)16(17(20)25)9-12-5-3-2-4-6-12/h7-8,10,12,16H,2-6,9H2,1H3,(H2,20,25)(H,21,24)(H,22,27). The first-order valence-electron chi connectivity index (χ1n) is 9.22. The van der Waals surface area contributed by atoms with Crippen molar-refractivity contribution in [2.75, 3.05) is 5.32 Å². The van der Waals surface area contributed by atoms with Crippen molar-refractivity contribution >= 4 is 28.4 Å². The van der Waals surface area contributed by atoms with Crippen LogP contribution in [0.5, 0.6) is 0 Å². The van der Waals surface area contributed by atoms with Gasteiger partial charge >= 0.3 is 5.69 Å². The van der Waals surface area contributed by atoms with Gasteiger partial charge in [-0.3, -0.25) is 14.4 Å². The Bertz CT molecular complexity index is 985. The third kappa shape index (κ3) is 4.10. The molecule has 1 aromatic carbocycles. The molecule has 2 aromatic rings. The van der Waals surface area contributed by atoms with Crippen LogP contribution in [-0.2, 0) is 9.59 Å². The molecule has 27 heavy (non-hydrogen) atoms. The number of H-pyrrole nitrogens is 1. The van der Waals surface area contributed by atoms with E-state index in [0.29, 0.717) is 17.6 Å². The summed E-state index contributed by atoms with van der Waals surface area (Å²) in [5.41, 5.74) is 5.10. The Hall–Kier alpha value is -2.90. The first-order valence-corrected chi connectivity index (χ1v) is 9.22. The molecule has 1 aliphatic carbocycles. The number of hydrogen-bond acceptors (Lipinski definition) is 4. The van der Waals surface area contributed by atoms with Gasteiger partial charge in [-0.2, -0.15) is 0 Å². The molecule has 144 valence electrons. The number of aromatic nitrogens is 2. The van der Waals surface area contributed by atoms with Crippen molar-refractivity contribution in [3.05, 3.63) is 39.0 Å². The zero-order valence-corrected chi connectivity index (χ0v) is 15.3. The summed E-state index contributed by atoms with van der Waals surface area (Å²) in [6.07, 6.45) is 5.65. The van der Waals surface area contributed by atoms with Crippen molar-refractivity contribution in [2.45, 2.75) is 51.5 Å². The molecule has 1 fully saturated rings. The molecule has 8 heteroatoms. The molecule has 1 aliphatic rings. The van der Waals surface area contributed by atoms with Crippen LogP contribution in [0.2, 0.25) is 0 Å². The highest BCUT2D eigenvalue weighted by molar-refractivity contribution is 5.92. The van der Waals surface area contributed by atoms with Crippen molar-refractivity contribution in [3.63, 3.8) is 0 Å². The number of amides is 2. The van der Waals surface area contributed by atoms with E-state index in [1.54, 1.807) is 12.1 Å². The highest BCUT2D eigenvalue weighted by Gasteiger charge is 2.27. The number of carbonyl (C=O) groups excluding carboxylic acids is 2. The van der Waals surface area contributed by atoms with E-state index in [1.165, 1.54) is 19.4 Å². The summed E-state index contributed by atoms with van der Waals surface area (Å²) in [4.78, 5) is 51.5. The van der Waals surface area contributed by atoms with Crippen LogP contribution in [0.15, 0.2) is 27.8 Å². The first kappa shape index (κ1) is 18.9. The van der Waals surface area contributed by atoms with Gasteiger partial charge in [-0.25, -0.2) is 9.36 Å². The number of nitrogens with zero attached hydrogens (tertiary/aromatic N) is 1. The fraction of sp³-hybridized carbons (Fsp3) is 0.474. The van der Waals surface area contributed by atoms with Gasteiger partial charge in [0.2, 0.25) is 11.8 Å². The average Bonchev–Trinajstić information content (AvgIpc) is 2.61. The predicted octanol–water partition coefficient (Wildman–Crippen LogP) is 1.64. The average molecular weight is 372 g/mol. The smallest absolute Gasteiger partial charge is 0.329 e. The molecule has 1 atom stereocenters. The van der Waals surface area contributed by atoms with Gasteiger partial charge in [-0.05, 0) is 30.5 Å². The molecule has 0 aliphatic heterocycles. The molecule has 1 aromatic heterocycles. The van der Waals surface area contributed by atoms with E-state index < -0.39 is 23.2 Å². The number of rotatable bonds is 5. The van der Waals surface area contributed by atoms with Crippen LogP contribution in [-0.4, -0.2) is 21.4 Å². The molecule has 1 saturated carbocycles. The Morgan fingerprint density at radius 2 is 1.96 bits per heavy atom. The zero-order chi connectivity index (χ0) is 19.6. The summed E-state index contributed by atoms with van der Waals surface area (Å²) in [6.45, 7) is 1.36. The molecule has 8 nitrogen and oxygen atoms in total. The number of anilines is 1. The van der Waals surface area contributed by atoms with Crippen LogP contribution in [0.1, 0.15) is 51.5 Å². The Balaban J connectivity index is 2.07. The van der Waals surface area contributed by atoms with Crippen LogP contribution in [0.3, 0.4) is 0 Å². The van der Waals surface area contributed by atoms with Gasteiger partial charge in [0.1, 0.15) is 6.04 Å². The van der Waals surface area contributed by atoms with Gasteiger partial charge in [0.15, 0.2) is 0 Å². The van der Waals surface area contributed by atoms with E-state index in [9.17, 15) is 19.2 Å². The largest absolute Gasteiger partial charge is 0.368 e. The van der Waals surface area contributed by atoms with Crippen molar-refractivity contribution in [3.8, 4) is 0 Å². The number of nitrogens with one attached hydrogen (secondary N) is 2. The minimum Gasteiger partial charge on any atom is -0.368 e. The molecule has 2 amide bonds. The molecular formula is C19H24N4O4. The summed E-state index contributed by atoms with van der Waals surface area (Å²) in [6, 6.07) is 3.65. The second kappa shape index (κ2) is 7.77. The highest BCUT2D eigenvalue weighted by atomic mass is 16.2. The van der Waals surface area contributed by atoms with E-state index >= 15 is 0 Å². The molecule has 0 spiro atoms. The van der Waals surface area contributed by atoms with Gasteiger partial charge < -0.3 is 16.0 Å². The van der Waals surface area contributed by atoms with Crippen LogP contribution < -0.4 is 22.3 Å². The third-order valence-electron chi connectivity index (χ3n) is 5.17. The number of carbonyl (C=O) groups is 2. The second-order valence-corrected chi connectivity index (χ2v) is 7.20. The number of aromatic amines is 1. The summed E-state index contributed by atoms with van der Waals surface area (Å²) in [5, 5.41) is 2.82. The van der Waals surface area contributed by atoms with Crippen molar-refractivity contribution in [2.24, 2.45) is 11.7 Å². The molecule has 3 rings (SSSR count). The summed E-state index contributed by atoms with van der Waals surface area (Å²) in [7, 11) is 0. The molecule has 0 bridgehead atoms. The maximum absolute atomic E-state index is 13.0. The lowest BCUT2D eigenvalue weighted by Gasteiger charge is -2.25.